The summed E-state index contributed by atoms with van der Waals surface area (Å²) in [6, 6.07) is 13.4. The molecule has 0 spiro atoms. The number of thioether (sulfide) groups is 1. The maximum absolute atomic E-state index is 13.1. The summed E-state index contributed by atoms with van der Waals surface area (Å²) < 4.78 is 27.7. The Morgan fingerprint density at radius 2 is 2.07 bits per heavy atom. The minimum absolute atomic E-state index is 0.187. The molecule has 0 saturated heterocycles. The number of fused-ring (bicyclic) bond motifs is 1. The molecule has 2 aromatic carbocycles. The van der Waals surface area contributed by atoms with E-state index in [0.717, 1.165) is 5.56 Å². The van der Waals surface area contributed by atoms with E-state index in [9.17, 15) is 13.2 Å². The maximum atomic E-state index is 13.1. The molecule has 3 aromatic rings. The molecule has 8 nitrogen and oxygen atoms in total. The van der Waals surface area contributed by atoms with Crippen molar-refractivity contribution in [2.45, 2.75) is 29.4 Å². The summed E-state index contributed by atoms with van der Waals surface area (Å²) in [5.41, 5.74) is 2.00. The zero-order valence-corrected chi connectivity index (χ0v) is 17.9. The van der Waals surface area contributed by atoms with E-state index in [1.807, 2.05) is 6.92 Å². The molecule has 1 unspecified atom stereocenters. The van der Waals surface area contributed by atoms with Crippen molar-refractivity contribution in [3.05, 3.63) is 66.0 Å². The lowest BCUT2D eigenvalue weighted by molar-refractivity contribution is 0.0956. The van der Waals surface area contributed by atoms with Crippen LogP contribution >= 0.6 is 11.8 Å². The number of anilines is 1. The second kappa shape index (κ2) is 8.49. The first kappa shape index (κ1) is 20.4. The Morgan fingerprint density at radius 3 is 2.80 bits per heavy atom. The van der Waals surface area contributed by atoms with Crippen LogP contribution in [0.2, 0.25) is 0 Å². The Balaban J connectivity index is 1.46. The Kier molecular flexibility index (Phi) is 5.78. The Bertz CT molecular complexity index is 1130. The number of benzene rings is 2. The van der Waals surface area contributed by atoms with Gasteiger partial charge in [0.15, 0.2) is 5.16 Å². The number of H-pyrrole nitrogens is 1. The molecule has 10 heteroatoms. The van der Waals surface area contributed by atoms with Crippen molar-refractivity contribution in [1.29, 1.82) is 0 Å². The van der Waals surface area contributed by atoms with Gasteiger partial charge in [0.1, 0.15) is 6.33 Å². The molecule has 1 aliphatic heterocycles. The Morgan fingerprint density at radius 1 is 1.27 bits per heavy atom. The van der Waals surface area contributed by atoms with Crippen molar-refractivity contribution < 1.29 is 13.2 Å². The third kappa shape index (κ3) is 4.05. The van der Waals surface area contributed by atoms with Crippen molar-refractivity contribution in [2.75, 3.05) is 16.6 Å². The zero-order valence-electron chi connectivity index (χ0n) is 16.3. The van der Waals surface area contributed by atoms with E-state index in [0.29, 0.717) is 35.1 Å². The maximum Gasteiger partial charge on any atom is 0.264 e. The van der Waals surface area contributed by atoms with Crippen LogP contribution in [0.3, 0.4) is 0 Å². The van der Waals surface area contributed by atoms with Gasteiger partial charge in [0.05, 0.1) is 10.6 Å². The van der Waals surface area contributed by atoms with Crippen molar-refractivity contribution in [1.82, 2.24) is 20.5 Å². The van der Waals surface area contributed by atoms with Gasteiger partial charge < -0.3 is 5.32 Å². The summed E-state index contributed by atoms with van der Waals surface area (Å²) >= 11 is 1.47. The third-order valence-corrected chi connectivity index (χ3v) is 7.63. The van der Waals surface area contributed by atoms with Crippen LogP contribution in [-0.4, -0.2) is 47.8 Å². The number of carbonyl (C=O) groups is 1. The standard InChI is InChI=1S/C20H21N5O3S2/c1-14-11-16-12-15(19(26)21-9-10-29-20-22-13-23-24-20)7-8-18(16)25(14)30(27,28)17-5-3-2-4-6-17/h2-8,12-14H,9-11H2,1H3,(H,21,26)(H,22,23,24). The van der Waals surface area contributed by atoms with Crippen LogP contribution in [0.15, 0.2) is 64.9 Å². The van der Waals surface area contributed by atoms with Gasteiger partial charge in [0.25, 0.3) is 15.9 Å². The summed E-state index contributed by atoms with van der Waals surface area (Å²) in [5.74, 6) is 0.472. The van der Waals surface area contributed by atoms with E-state index >= 15 is 0 Å². The summed E-state index contributed by atoms with van der Waals surface area (Å²) in [6.07, 6.45) is 2.00. The lowest BCUT2D eigenvalue weighted by Crippen LogP contribution is -2.35. The number of aromatic amines is 1. The first-order valence-corrected chi connectivity index (χ1v) is 11.9. The molecule has 0 saturated carbocycles. The minimum atomic E-state index is -3.66. The normalized spacial score (nSPS) is 15.8. The number of nitrogens with zero attached hydrogens (tertiary/aromatic N) is 3. The van der Waals surface area contributed by atoms with Gasteiger partial charge in [-0.05, 0) is 49.2 Å². The fraction of sp³-hybridized carbons (Fsp3) is 0.250. The van der Waals surface area contributed by atoms with Gasteiger partial charge in [0.2, 0.25) is 0 Å². The molecule has 0 fully saturated rings. The molecule has 156 valence electrons. The molecule has 1 amide bonds. The quantitative estimate of drug-likeness (QED) is 0.429. The molecule has 4 rings (SSSR count). The molecule has 1 aliphatic rings. The number of sulfonamides is 1. The van der Waals surface area contributed by atoms with Crippen LogP contribution < -0.4 is 9.62 Å². The average Bonchev–Trinajstić information content (AvgIpc) is 3.38. The fourth-order valence-corrected chi connectivity index (χ4v) is 5.84. The van der Waals surface area contributed by atoms with E-state index < -0.39 is 10.0 Å². The van der Waals surface area contributed by atoms with Crippen LogP contribution in [0, 0.1) is 0 Å². The second-order valence-electron chi connectivity index (χ2n) is 6.91. The molecule has 0 bridgehead atoms. The largest absolute Gasteiger partial charge is 0.351 e. The number of nitrogens with one attached hydrogen (secondary N) is 2. The molecule has 30 heavy (non-hydrogen) atoms. The van der Waals surface area contributed by atoms with Gasteiger partial charge in [-0.15, -0.1) is 0 Å². The zero-order chi connectivity index (χ0) is 21.1. The van der Waals surface area contributed by atoms with Gasteiger partial charge in [-0.3, -0.25) is 14.2 Å². The minimum Gasteiger partial charge on any atom is -0.351 e. The van der Waals surface area contributed by atoms with E-state index in [2.05, 4.69) is 20.5 Å². The first-order chi connectivity index (χ1) is 14.5. The Hall–Kier alpha value is -2.85. The van der Waals surface area contributed by atoms with Gasteiger partial charge in [-0.25, -0.2) is 13.4 Å². The summed E-state index contributed by atoms with van der Waals surface area (Å²) in [6.45, 7) is 2.35. The highest BCUT2D eigenvalue weighted by Crippen LogP contribution is 2.37. The number of hydrogen-bond acceptors (Lipinski definition) is 6. The van der Waals surface area contributed by atoms with Crippen LogP contribution in [-0.2, 0) is 16.4 Å². The Labute approximate surface area is 179 Å². The van der Waals surface area contributed by atoms with Gasteiger partial charge in [-0.1, -0.05) is 30.0 Å². The van der Waals surface area contributed by atoms with Gasteiger partial charge in [-0.2, -0.15) is 5.10 Å². The number of aromatic nitrogens is 3. The van der Waals surface area contributed by atoms with E-state index in [1.165, 1.54) is 22.4 Å². The summed E-state index contributed by atoms with van der Waals surface area (Å²) in [5, 5.41) is 10.1. The molecule has 1 atom stereocenters. The number of amides is 1. The van der Waals surface area contributed by atoms with Crippen molar-refractivity contribution in [3.8, 4) is 0 Å². The lowest BCUT2D eigenvalue weighted by atomic mass is 10.1. The number of rotatable bonds is 7. The van der Waals surface area contributed by atoms with E-state index in [-0.39, 0.29) is 16.8 Å². The third-order valence-electron chi connectivity index (χ3n) is 4.81. The van der Waals surface area contributed by atoms with Crippen molar-refractivity contribution >= 4 is 33.4 Å². The first-order valence-electron chi connectivity index (χ1n) is 9.45. The highest BCUT2D eigenvalue weighted by Gasteiger charge is 2.36. The van der Waals surface area contributed by atoms with E-state index in [4.69, 9.17) is 0 Å². The van der Waals surface area contributed by atoms with Crippen LogP contribution in [0.1, 0.15) is 22.8 Å². The summed E-state index contributed by atoms with van der Waals surface area (Å²) in [4.78, 5) is 16.8. The monoisotopic (exact) mass is 443 g/mol. The van der Waals surface area contributed by atoms with E-state index in [1.54, 1.807) is 48.5 Å². The van der Waals surface area contributed by atoms with Crippen molar-refractivity contribution in [3.63, 3.8) is 0 Å². The van der Waals surface area contributed by atoms with Gasteiger partial charge in [0, 0.05) is 23.9 Å². The predicted molar refractivity (Wildman–Crippen MR) is 115 cm³/mol. The molecule has 2 N–H and O–H groups in total. The van der Waals surface area contributed by atoms with Gasteiger partial charge >= 0.3 is 0 Å². The average molecular weight is 444 g/mol. The van der Waals surface area contributed by atoms with Crippen LogP contribution in [0.25, 0.3) is 0 Å². The molecule has 1 aromatic heterocycles. The molecular formula is C20H21N5O3S2. The molecule has 2 heterocycles. The molecule has 0 radical (unpaired) electrons. The molecular weight excluding hydrogens is 422 g/mol. The topological polar surface area (TPSA) is 108 Å². The SMILES string of the molecule is CC1Cc2cc(C(=O)NCCSc3ncn[nH]3)ccc2N1S(=O)(=O)c1ccccc1. The highest BCUT2D eigenvalue weighted by atomic mass is 32.2. The smallest absolute Gasteiger partial charge is 0.264 e. The summed E-state index contributed by atoms with van der Waals surface area (Å²) in [7, 11) is -3.66. The van der Waals surface area contributed by atoms with Crippen LogP contribution in [0.4, 0.5) is 5.69 Å². The second-order valence-corrected chi connectivity index (χ2v) is 9.80. The highest BCUT2D eigenvalue weighted by molar-refractivity contribution is 7.99. The lowest BCUT2D eigenvalue weighted by Gasteiger charge is -2.24. The predicted octanol–water partition coefficient (Wildman–Crippen LogP) is 2.47. The van der Waals surface area contributed by atoms with Crippen LogP contribution in [0.5, 0.6) is 0 Å². The fourth-order valence-electron chi connectivity index (χ4n) is 3.49. The van der Waals surface area contributed by atoms with Crippen molar-refractivity contribution in [2.24, 2.45) is 0 Å². The number of carbonyl (C=O) groups excluding carboxylic acids is 1. The number of hydrogen-bond donors (Lipinski definition) is 2. The molecule has 0 aliphatic carbocycles.